The third-order valence-corrected chi connectivity index (χ3v) is 6.14. The first-order chi connectivity index (χ1) is 13.5. The zero-order valence-corrected chi connectivity index (χ0v) is 18.7. The van der Waals surface area contributed by atoms with Gasteiger partial charge in [0.25, 0.3) is 0 Å². The lowest BCUT2D eigenvalue weighted by Gasteiger charge is -2.17. The number of rotatable bonds is 7. The Morgan fingerprint density at radius 2 is 1.14 bits per heavy atom. The molecule has 0 aliphatic carbocycles. The van der Waals surface area contributed by atoms with Crippen LogP contribution in [0.15, 0.2) is 81.7 Å². The topological polar surface area (TPSA) is 34.1 Å². The van der Waals surface area contributed by atoms with E-state index in [4.69, 9.17) is 0 Å². The summed E-state index contributed by atoms with van der Waals surface area (Å²) in [5.74, 6) is -0.129. The Morgan fingerprint density at radius 1 is 0.714 bits per heavy atom. The summed E-state index contributed by atoms with van der Waals surface area (Å²) >= 11 is 6.91. The van der Waals surface area contributed by atoms with E-state index in [1.807, 2.05) is 79.7 Å². The van der Waals surface area contributed by atoms with Crippen LogP contribution in [0.25, 0.3) is 0 Å². The molecule has 0 aliphatic heterocycles. The first-order valence-electron chi connectivity index (χ1n) is 9.07. The van der Waals surface area contributed by atoms with Crippen molar-refractivity contribution in [2.75, 3.05) is 0 Å². The summed E-state index contributed by atoms with van der Waals surface area (Å²) in [6.07, 6.45) is 0.559. The maximum atomic E-state index is 13.0. The van der Waals surface area contributed by atoms with E-state index >= 15 is 0 Å². The van der Waals surface area contributed by atoms with Gasteiger partial charge in [0, 0.05) is 32.9 Å². The highest BCUT2D eigenvalue weighted by Gasteiger charge is 2.23. The second-order valence-corrected chi connectivity index (χ2v) is 8.53. The summed E-state index contributed by atoms with van der Waals surface area (Å²) in [5, 5.41) is 0. The van der Waals surface area contributed by atoms with Gasteiger partial charge in [-0.3, -0.25) is 9.59 Å². The predicted molar refractivity (Wildman–Crippen MR) is 120 cm³/mol. The van der Waals surface area contributed by atoms with E-state index in [9.17, 15) is 9.59 Å². The maximum Gasteiger partial charge on any atom is 0.164 e. The number of halogens is 2. The quantitative estimate of drug-likeness (QED) is 0.323. The van der Waals surface area contributed by atoms with Crippen LogP contribution in [-0.2, 0) is 0 Å². The summed E-state index contributed by atoms with van der Waals surface area (Å²) in [4.78, 5) is 25.9. The van der Waals surface area contributed by atoms with E-state index in [-0.39, 0.29) is 30.3 Å². The van der Waals surface area contributed by atoms with Gasteiger partial charge in [-0.05, 0) is 30.5 Å². The van der Waals surface area contributed by atoms with Gasteiger partial charge in [0.2, 0.25) is 0 Å². The van der Waals surface area contributed by atoms with Crippen LogP contribution in [0.1, 0.15) is 50.6 Å². The average Bonchev–Trinajstić information content (AvgIpc) is 2.68. The van der Waals surface area contributed by atoms with Crippen molar-refractivity contribution in [3.8, 4) is 0 Å². The van der Waals surface area contributed by atoms with Crippen LogP contribution < -0.4 is 0 Å². The van der Waals surface area contributed by atoms with Gasteiger partial charge in [-0.25, -0.2) is 0 Å². The van der Waals surface area contributed by atoms with Crippen molar-refractivity contribution in [2.24, 2.45) is 0 Å². The van der Waals surface area contributed by atoms with E-state index < -0.39 is 0 Å². The Morgan fingerprint density at radius 3 is 1.57 bits per heavy atom. The van der Waals surface area contributed by atoms with Gasteiger partial charge in [-0.2, -0.15) is 0 Å². The molecule has 0 radical (unpaired) electrons. The van der Waals surface area contributed by atoms with Gasteiger partial charge in [0.05, 0.1) is 0 Å². The molecule has 0 spiro atoms. The summed E-state index contributed by atoms with van der Waals surface area (Å²) in [6, 6.07) is 22.9. The minimum atomic E-state index is -0.181. The Hall–Kier alpha value is -2.04. The normalized spacial score (nSPS) is 10.9. The summed E-state index contributed by atoms with van der Waals surface area (Å²) < 4.78 is 1.56. The second-order valence-electron chi connectivity index (χ2n) is 6.82. The highest BCUT2D eigenvalue weighted by molar-refractivity contribution is 9.10. The summed E-state index contributed by atoms with van der Waals surface area (Å²) in [6.45, 7) is 2.03. The van der Waals surface area contributed by atoms with Crippen molar-refractivity contribution >= 4 is 43.4 Å². The lowest BCUT2D eigenvalue weighted by molar-refractivity contribution is 0.0944. The van der Waals surface area contributed by atoms with Gasteiger partial charge < -0.3 is 0 Å². The van der Waals surface area contributed by atoms with Crippen molar-refractivity contribution in [1.82, 2.24) is 0 Å². The fourth-order valence-electron chi connectivity index (χ4n) is 3.19. The number of aryl methyl sites for hydroxylation is 1. The molecule has 3 aromatic rings. The number of ketones is 2. The Bertz CT molecular complexity index is 934. The Balaban J connectivity index is 1.88. The minimum absolute atomic E-state index is 0.0259. The molecule has 0 saturated heterocycles. The molecule has 0 heterocycles. The smallest absolute Gasteiger partial charge is 0.164 e. The molecule has 4 heteroatoms. The monoisotopic (exact) mass is 498 g/mol. The summed E-state index contributed by atoms with van der Waals surface area (Å²) in [5.41, 5.74) is 3.45. The average molecular weight is 500 g/mol. The third-order valence-electron chi connectivity index (χ3n) is 4.76. The molecular formula is C24H20Br2O2. The van der Waals surface area contributed by atoms with Crippen molar-refractivity contribution in [3.05, 3.63) is 104 Å². The number of hydrogen-bond donors (Lipinski definition) is 0. The van der Waals surface area contributed by atoms with Crippen molar-refractivity contribution in [3.63, 3.8) is 0 Å². The molecular weight excluding hydrogens is 480 g/mol. The highest BCUT2D eigenvalue weighted by Crippen LogP contribution is 2.30. The van der Waals surface area contributed by atoms with Crippen LogP contribution >= 0.6 is 31.9 Å². The zero-order chi connectivity index (χ0) is 20.1. The van der Waals surface area contributed by atoms with Crippen LogP contribution in [0.5, 0.6) is 0 Å². The number of carbonyl (C=O) groups is 2. The molecule has 0 N–H and O–H groups in total. The van der Waals surface area contributed by atoms with Crippen LogP contribution in [0, 0.1) is 6.92 Å². The molecule has 0 unspecified atom stereocenters. The standard InChI is InChI=1S/C24H20Br2O2/c1-16-10-12-17(13-11-16)18(14-23(27)19-6-2-4-8-21(19)25)15-24(28)20-7-3-5-9-22(20)26/h2-13,18H,14-15H2,1H3. The lowest BCUT2D eigenvalue weighted by Crippen LogP contribution is -2.13. The maximum absolute atomic E-state index is 13.0. The Labute approximate surface area is 182 Å². The Kier molecular flexibility index (Phi) is 6.97. The fraction of sp³-hybridized carbons (Fsp3) is 0.167. The van der Waals surface area contributed by atoms with E-state index in [0.29, 0.717) is 11.1 Å². The van der Waals surface area contributed by atoms with Crippen LogP contribution in [0.2, 0.25) is 0 Å². The SMILES string of the molecule is Cc1ccc(C(CC(=O)c2ccccc2Br)CC(=O)c2ccccc2Br)cc1. The fourth-order valence-corrected chi connectivity index (χ4v) is 4.20. The van der Waals surface area contributed by atoms with Crippen molar-refractivity contribution in [2.45, 2.75) is 25.7 Å². The summed E-state index contributed by atoms with van der Waals surface area (Å²) in [7, 11) is 0. The molecule has 2 nitrogen and oxygen atoms in total. The molecule has 28 heavy (non-hydrogen) atoms. The molecule has 0 saturated carbocycles. The molecule has 142 valence electrons. The molecule has 0 fully saturated rings. The second kappa shape index (κ2) is 9.44. The lowest BCUT2D eigenvalue weighted by atomic mass is 9.86. The van der Waals surface area contributed by atoms with E-state index in [1.165, 1.54) is 0 Å². The van der Waals surface area contributed by atoms with Crippen molar-refractivity contribution in [1.29, 1.82) is 0 Å². The molecule has 3 rings (SSSR count). The van der Waals surface area contributed by atoms with Crippen LogP contribution in [0.3, 0.4) is 0 Å². The first kappa shape index (κ1) is 20.7. The number of benzene rings is 3. The van der Waals surface area contributed by atoms with Gasteiger partial charge >= 0.3 is 0 Å². The number of hydrogen-bond acceptors (Lipinski definition) is 2. The van der Waals surface area contributed by atoms with Crippen molar-refractivity contribution < 1.29 is 9.59 Å². The number of carbonyl (C=O) groups excluding carboxylic acids is 2. The highest BCUT2D eigenvalue weighted by atomic mass is 79.9. The van der Waals surface area contributed by atoms with Gasteiger partial charge in [-0.1, -0.05) is 98.1 Å². The van der Waals surface area contributed by atoms with E-state index in [2.05, 4.69) is 31.9 Å². The van der Waals surface area contributed by atoms with Gasteiger partial charge in [0.15, 0.2) is 11.6 Å². The molecule has 0 atom stereocenters. The van der Waals surface area contributed by atoms with Crippen LogP contribution in [0.4, 0.5) is 0 Å². The zero-order valence-electron chi connectivity index (χ0n) is 15.5. The molecule has 3 aromatic carbocycles. The first-order valence-corrected chi connectivity index (χ1v) is 10.7. The van der Waals surface area contributed by atoms with Crippen LogP contribution in [-0.4, -0.2) is 11.6 Å². The largest absolute Gasteiger partial charge is 0.294 e. The van der Waals surface area contributed by atoms with Gasteiger partial charge in [0.1, 0.15) is 0 Å². The predicted octanol–water partition coefficient (Wildman–Crippen LogP) is 7.15. The molecule has 0 bridgehead atoms. The molecule has 0 amide bonds. The van der Waals surface area contributed by atoms with E-state index in [0.717, 1.165) is 20.1 Å². The number of Topliss-reactive ketones (excluding diaryl/α,β-unsaturated/α-hetero) is 2. The van der Waals surface area contributed by atoms with E-state index in [1.54, 1.807) is 0 Å². The minimum Gasteiger partial charge on any atom is -0.294 e. The molecule has 0 aliphatic rings. The third kappa shape index (κ3) is 5.06. The van der Waals surface area contributed by atoms with Gasteiger partial charge in [-0.15, -0.1) is 0 Å². The molecule has 0 aromatic heterocycles.